The summed E-state index contributed by atoms with van der Waals surface area (Å²) < 4.78 is 5.11. The monoisotopic (exact) mass is 247 g/mol. The molecule has 0 radical (unpaired) electrons. The fourth-order valence-corrected chi connectivity index (χ4v) is 2.68. The SMILES string of the molecule is CCN(C(=O)c1ccc(OC)cc1)C1CCCC1. The molecule has 0 saturated heterocycles. The first-order chi connectivity index (χ1) is 8.76. The van der Waals surface area contributed by atoms with Crippen molar-refractivity contribution in [1.82, 2.24) is 4.90 Å². The maximum absolute atomic E-state index is 12.4. The smallest absolute Gasteiger partial charge is 0.254 e. The minimum atomic E-state index is 0.145. The highest BCUT2D eigenvalue weighted by molar-refractivity contribution is 5.94. The predicted molar refractivity (Wildman–Crippen MR) is 72.0 cm³/mol. The maximum Gasteiger partial charge on any atom is 0.254 e. The fourth-order valence-electron chi connectivity index (χ4n) is 2.68. The molecule has 0 atom stereocenters. The summed E-state index contributed by atoms with van der Waals surface area (Å²) in [7, 11) is 1.63. The molecule has 0 heterocycles. The van der Waals surface area contributed by atoms with Crippen LogP contribution >= 0.6 is 0 Å². The molecule has 1 aromatic carbocycles. The summed E-state index contributed by atoms with van der Waals surface area (Å²) in [5, 5.41) is 0. The molecule has 1 amide bonds. The molecule has 3 heteroatoms. The maximum atomic E-state index is 12.4. The number of hydrogen-bond acceptors (Lipinski definition) is 2. The molecule has 0 aromatic heterocycles. The highest BCUT2D eigenvalue weighted by Gasteiger charge is 2.25. The molecule has 1 aliphatic rings. The van der Waals surface area contributed by atoms with Crippen LogP contribution in [0.5, 0.6) is 5.75 Å². The van der Waals surface area contributed by atoms with Gasteiger partial charge in [0.05, 0.1) is 7.11 Å². The Hall–Kier alpha value is -1.51. The first-order valence-electron chi connectivity index (χ1n) is 6.71. The molecule has 2 rings (SSSR count). The van der Waals surface area contributed by atoms with Crippen LogP contribution in [0.15, 0.2) is 24.3 Å². The van der Waals surface area contributed by atoms with E-state index in [9.17, 15) is 4.79 Å². The number of carbonyl (C=O) groups is 1. The zero-order valence-electron chi connectivity index (χ0n) is 11.2. The van der Waals surface area contributed by atoms with Crippen LogP contribution in [-0.4, -0.2) is 30.5 Å². The number of methoxy groups -OCH3 is 1. The first-order valence-corrected chi connectivity index (χ1v) is 6.71. The molecule has 0 bridgehead atoms. The molecule has 1 aromatic rings. The van der Waals surface area contributed by atoms with Crippen molar-refractivity contribution >= 4 is 5.91 Å². The number of amides is 1. The molecule has 0 unspecified atom stereocenters. The third-order valence-electron chi connectivity index (χ3n) is 3.70. The zero-order valence-corrected chi connectivity index (χ0v) is 11.2. The van der Waals surface area contributed by atoms with Crippen LogP contribution < -0.4 is 4.74 Å². The Labute approximate surface area is 109 Å². The third-order valence-corrected chi connectivity index (χ3v) is 3.70. The average Bonchev–Trinajstić information content (AvgIpc) is 2.93. The average molecular weight is 247 g/mol. The van der Waals surface area contributed by atoms with Gasteiger partial charge < -0.3 is 9.64 Å². The molecule has 18 heavy (non-hydrogen) atoms. The summed E-state index contributed by atoms with van der Waals surface area (Å²) in [5.41, 5.74) is 0.754. The number of ether oxygens (including phenoxy) is 1. The fraction of sp³-hybridized carbons (Fsp3) is 0.533. The van der Waals surface area contributed by atoms with Crippen molar-refractivity contribution in [3.63, 3.8) is 0 Å². The van der Waals surface area contributed by atoms with Crippen molar-refractivity contribution < 1.29 is 9.53 Å². The first kappa shape index (κ1) is 12.9. The van der Waals surface area contributed by atoms with Gasteiger partial charge in [0.2, 0.25) is 0 Å². The predicted octanol–water partition coefficient (Wildman–Crippen LogP) is 3.10. The Morgan fingerprint density at radius 1 is 1.28 bits per heavy atom. The Balaban J connectivity index is 2.11. The van der Waals surface area contributed by atoms with Crippen molar-refractivity contribution in [2.75, 3.05) is 13.7 Å². The van der Waals surface area contributed by atoms with Crippen molar-refractivity contribution in [3.05, 3.63) is 29.8 Å². The van der Waals surface area contributed by atoms with E-state index in [0.717, 1.165) is 30.7 Å². The van der Waals surface area contributed by atoms with E-state index in [4.69, 9.17) is 4.74 Å². The van der Waals surface area contributed by atoms with Gasteiger partial charge in [0.1, 0.15) is 5.75 Å². The van der Waals surface area contributed by atoms with E-state index in [1.54, 1.807) is 7.11 Å². The molecule has 98 valence electrons. The summed E-state index contributed by atoms with van der Waals surface area (Å²) in [6.07, 6.45) is 4.79. The second-order valence-electron chi connectivity index (χ2n) is 4.76. The van der Waals surface area contributed by atoms with Crippen molar-refractivity contribution in [2.24, 2.45) is 0 Å². The number of nitrogens with zero attached hydrogens (tertiary/aromatic N) is 1. The van der Waals surface area contributed by atoms with Gasteiger partial charge in [-0.25, -0.2) is 0 Å². The van der Waals surface area contributed by atoms with Gasteiger partial charge in [-0.1, -0.05) is 12.8 Å². The second-order valence-corrected chi connectivity index (χ2v) is 4.76. The molecule has 1 aliphatic carbocycles. The molecule has 1 fully saturated rings. The van der Waals surface area contributed by atoms with Crippen LogP contribution in [0.25, 0.3) is 0 Å². The molecular formula is C15H21NO2. The van der Waals surface area contributed by atoms with E-state index in [0.29, 0.717) is 6.04 Å². The number of benzene rings is 1. The van der Waals surface area contributed by atoms with Crippen molar-refractivity contribution in [3.8, 4) is 5.75 Å². The number of carbonyl (C=O) groups excluding carboxylic acids is 1. The summed E-state index contributed by atoms with van der Waals surface area (Å²) in [6.45, 7) is 2.84. The Morgan fingerprint density at radius 3 is 2.39 bits per heavy atom. The van der Waals surface area contributed by atoms with E-state index in [1.165, 1.54) is 12.8 Å². The van der Waals surface area contributed by atoms with E-state index >= 15 is 0 Å². The van der Waals surface area contributed by atoms with Crippen LogP contribution in [0.2, 0.25) is 0 Å². The molecule has 0 spiro atoms. The lowest BCUT2D eigenvalue weighted by Crippen LogP contribution is -2.38. The van der Waals surface area contributed by atoms with E-state index in [1.807, 2.05) is 29.2 Å². The lowest BCUT2D eigenvalue weighted by Gasteiger charge is -2.27. The van der Waals surface area contributed by atoms with Gasteiger partial charge in [0.15, 0.2) is 0 Å². The van der Waals surface area contributed by atoms with Crippen LogP contribution in [-0.2, 0) is 0 Å². The van der Waals surface area contributed by atoms with E-state index in [2.05, 4.69) is 6.92 Å². The van der Waals surface area contributed by atoms with E-state index in [-0.39, 0.29) is 5.91 Å². The van der Waals surface area contributed by atoms with E-state index < -0.39 is 0 Å². The van der Waals surface area contributed by atoms with Crippen LogP contribution in [0.4, 0.5) is 0 Å². The summed E-state index contributed by atoms with van der Waals surface area (Å²) in [5.74, 6) is 0.933. The van der Waals surface area contributed by atoms with Gasteiger partial charge in [-0.05, 0) is 44.0 Å². The third kappa shape index (κ3) is 2.66. The molecule has 1 saturated carbocycles. The van der Waals surface area contributed by atoms with Crippen LogP contribution in [0.1, 0.15) is 43.0 Å². The van der Waals surface area contributed by atoms with Gasteiger partial charge in [-0.15, -0.1) is 0 Å². The molecule has 3 nitrogen and oxygen atoms in total. The quantitative estimate of drug-likeness (QED) is 0.818. The summed E-state index contributed by atoms with van der Waals surface area (Å²) >= 11 is 0. The Kier molecular flexibility index (Phi) is 4.24. The van der Waals surface area contributed by atoms with Gasteiger partial charge in [0.25, 0.3) is 5.91 Å². The highest BCUT2D eigenvalue weighted by Crippen LogP contribution is 2.25. The topological polar surface area (TPSA) is 29.5 Å². The minimum absolute atomic E-state index is 0.145. The molecule has 0 aliphatic heterocycles. The van der Waals surface area contributed by atoms with Crippen LogP contribution in [0.3, 0.4) is 0 Å². The standard InChI is InChI=1S/C15H21NO2/c1-3-16(13-6-4-5-7-13)15(17)12-8-10-14(18-2)11-9-12/h8-11,13H,3-7H2,1-2H3. The lowest BCUT2D eigenvalue weighted by atomic mass is 10.1. The highest BCUT2D eigenvalue weighted by atomic mass is 16.5. The Morgan fingerprint density at radius 2 is 1.89 bits per heavy atom. The van der Waals surface area contributed by atoms with Gasteiger partial charge in [0, 0.05) is 18.2 Å². The normalized spacial score (nSPS) is 15.7. The van der Waals surface area contributed by atoms with Crippen molar-refractivity contribution in [2.45, 2.75) is 38.6 Å². The minimum Gasteiger partial charge on any atom is -0.497 e. The number of rotatable bonds is 4. The largest absolute Gasteiger partial charge is 0.497 e. The van der Waals surface area contributed by atoms with Gasteiger partial charge >= 0.3 is 0 Å². The second kappa shape index (κ2) is 5.89. The molecular weight excluding hydrogens is 226 g/mol. The van der Waals surface area contributed by atoms with Gasteiger partial charge in [-0.3, -0.25) is 4.79 Å². The summed E-state index contributed by atoms with van der Waals surface area (Å²) in [4.78, 5) is 14.5. The molecule has 0 N–H and O–H groups in total. The Bertz CT molecular complexity index is 393. The van der Waals surface area contributed by atoms with Gasteiger partial charge in [-0.2, -0.15) is 0 Å². The zero-order chi connectivity index (χ0) is 13.0. The number of hydrogen-bond donors (Lipinski definition) is 0. The lowest BCUT2D eigenvalue weighted by molar-refractivity contribution is 0.0693. The van der Waals surface area contributed by atoms with Crippen molar-refractivity contribution in [1.29, 1.82) is 0 Å². The van der Waals surface area contributed by atoms with Crippen LogP contribution in [0, 0.1) is 0 Å². The summed E-state index contributed by atoms with van der Waals surface area (Å²) in [6, 6.07) is 7.81.